The molecule has 30 heavy (non-hydrogen) atoms. The van der Waals surface area contributed by atoms with Gasteiger partial charge in [0, 0.05) is 28.7 Å². The monoisotopic (exact) mass is 447 g/mol. The zero-order valence-corrected chi connectivity index (χ0v) is 18.0. The number of aliphatic carboxylic acids is 1. The predicted octanol–water partition coefficient (Wildman–Crippen LogP) is 4.68. The molecule has 0 radical (unpaired) electrons. The van der Waals surface area contributed by atoms with Gasteiger partial charge < -0.3 is 19.8 Å². The lowest BCUT2D eigenvalue weighted by atomic mass is 9.94. The van der Waals surface area contributed by atoms with Crippen molar-refractivity contribution in [2.75, 3.05) is 13.7 Å². The molecule has 1 aromatic carbocycles. The lowest BCUT2D eigenvalue weighted by Gasteiger charge is -2.31. The first-order valence-corrected chi connectivity index (χ1v) is 11.3. The maximum absolute atomic E-state index is 13.0. The standard InChI is InChI=1S/C21H21NO6S2/c1-22(12-5-3-2-4-6-12)20(25)11-7-8-13-14(9-11)29-18-16(28-10-15(23)24)19(21(26)27)30-17(13)18/h7-9,12H,2-6,10H2,1H3,(H,23,24)(H,26,27). The van der Waals surface area contributed by atoms with E-state index in [2.05, 4.69) is 0 Å². The number of aromatic carboxylic acids is 1. The molecule has 0 spiro atoms. The van der Waals surface area contributed by atoms with Gasteiger partial charge in [0.25, 0.3) is 5.91 Å². The lowest BCUT2D eigenvalue weighted by molar-refractivity contribution is -0.139. The molecule has 7 nitrogen and oxygen atoms in total. The Hall–Kier alpha value is -2.65. The molecule has 0 saturated heterocycles. The van der Waals surface area contributed by atoms with Crippen molar-refractivity contribution >= 4 is 60.0 Å². The average molecular weight is 448 g/mol. The van der Waals surface area contributed by atoms with E-state index in [1.807, 2.05) is 24.1 Å². The molecule has 0 bridgehead atoms. The minimum Gasteiger partial charge on any atom is -0.479 e. The molecule has 3 aromatic rings. The third kappa shape index (κ3) is 3.75. The topological polar surface area (TPSA) is 104 Å². The minimum absolute atomic E-state index is 0.0171. The molecule has 9 heteroatoms. The predicted molar refractivity (Wildman–Crippen MR) is 116 cm³/mol. The van der Waals surface area contributed by atoms with Gasteiger partial charge >= 0.3 is 11.9 Å². The van der Waals surface area contributed by atoms with E-state index in [1.165, 1.54) is 17.8 Å². The van der Waals surface area contributed by atoms with Crippen molar-refractivity contribution in [3.05, 3.63) is 28.6 Å². The first kappa shape index (κ1) is 20.6. The molecule has 2 N–H and O–H groups in total. The van der Waals surface area contributed by atoms with Gasteiger partial charge in [-0.25, -0.2) is 9.59 Å². The summed E-state index contributed by atoms with van der Waals surface area (Å²) in [6.07, 6.45) is 5.57. The van der Waals surface area contributed by atoms with Crippen LogP contribution < -0.4 is 4.74 Å². The summed E-state index contributed by atoms with van der Waals surface area (Å²) in [6.45, 7) is -0.615. The summed E-state index contributed by atoms with van der Waals surface area (Å²) < 4.78 is 7.47. The normalized spacial score (nSPS) is 14.8. The first-order valence-electron chi connectivity index (χ1n) is 9.71. The van der Waals surface area contributed by atoms with Crippen LogP contribution in [-0.2, 0) is 4.79 Å². The van der Waals surface area contributed by atoms with Crippen molar-refractivity contribution < 1.29 is 29.3 Å². The fourth-order valence-electron chi connectivity index (χ4n) is 3.95. The number of carboxylic acids is 2. The Bertz CT molecular complexity index is 1140. The van der Waals surface area contributed by atoms with Crippen molar-refractivity contribution in [2.45, 2.75) is 38.1 Å². The third-order valence-corrected chi connectivity index (χ3v) is 7.96. The van der Waals surface area contributed by atoms with Gasteiger partial charge in [-0.1, -0.05) is 25.3 Å². The summed E-state index contributed by atoms with van der Waals surface area (Å²) in [7, 11) is 1.85. The SMILES string of the molecule is CN(C(=O)c1ccc2c(c1)sc1c(OCC(=O)O)c(C(=O)O)sc12)C1CCCCC1. The molecular weight excluding hydrogens is 426 g/mol. The van der Waals surface area contributed by atoms with E-state index in [-0.39, 0.29) is 22.6 Å². The van der Waals surface area contributed by atoms with Crippen LogP contribution in [0.15, 0.2) is 18.2 Å². The van der Waals surface area contributed by atoms with Crippen molar-refractivity contribution in [2.24, 2.45) is 0 Å². The molecule has 158 valence electrons. The smallest absolute Gasteiger partial charge is 0.349 e. The van der Waals surface area contributed by atoms with Crippen LogP contribution >= 0.6 is 22.7 Å². The summed E-state index contributed by atoms with van der Waals surface area (Å²) in [5.41, 5.74) is 0.593. The number of benzene rings is 1. The first-order chi connectivity index (χ1) is 14.4. The zero-order chi connectivity index (χ0) is 21.4. The van der Waals surface area contributed by atoms with Crippen LogP contribution in [0.1, 0.15) is 52.1 Å². The van der Waals surface area contributed by atoms with Gasteiger partial charge in [0.2, 0.25) is 0 Å². The summed E-state index contributed by atoms with van der Waals surface area (Å²) in [5.74, 6) is -2.27. The lowest BCUT2D eigenvalue weighted by Crippen LogP contribution is -2.38. The van der Waals surface area contributed by atoms with E-state index in [0.717, 1.165) is 51.8 Å². The van der Waals surface area contributed by atoms with Crippen LogP contribution in [0.2, 0.25) is 0 Å². The fraction of sp³-hybridized carbons (Fsp3) is 0.381. The quantitative estimate of drug-likeness (QED) is 0.568. The van der Waals surface area contributed by atoms with Crippen molar-refractivity contribution in [1.29, 1.82) is 0 Å². The summed E-state index contributed by atoms with van der Waals surface area (Å²) in [4.78, 5) is 37.3. The molecule has 1 saturated carbocycles. The number of carbonyl (C=O) groups excluding carboxylic acids is 1. The number of ether oxygens (including phenoxy) is 1. The Kier molecular flexibility index (Phi) is 5.66. The van der Waals surface area contributed by atoms with Gasteiger partial charge in [0.05, 0.1) is 9.40 Å². The second-order valence-electron chi connectivity index (χ2n) is 7.43. The summed E-state index contributed by atoms with van der Waals surface area (Å²) in [6, 6.07) is 5.70. The number of fused-ring (bicyclic) bond motifs is 3. The van der Waals surface area contributed by atoms with Crippen molar-refractivity contribution in [3.8, 4) is 5.75 Å². The number of thiophene rings is 2. The Morgan fingerprint density at radius 2 is 1.83 bits per heavy atom. The number of nitrogens with zero attached hydrogens (tertiary/aromatic N) is 1. The van der Waals surface area contributed by atoms with Crippen LogP contribution in [-0.4, -0.2) is 52.7 Å². The van der Waals surface area contributed by atoms with Gasteiger partial charge in [0.1, 0.15) is 0 Å². The molecule has 0 atom stereocenters. The van der Waals surface area contributed by atoms with Crippen molar-refractivity contribution in [3.63, 3.8) is 0 Å². The van der Waals surface area contributed by atoms with Gasteiger partial charge in [-0.3, -0.25) is 4.79 Å². The van der Waals surface area contributed by atoms with Crippen LogP contribution in [0.4, 0.5) is 0 Å². The van der Waals surface area contributed by atoms with Crippen LogP contribution in [0.5, 0.6) is 5.75 Å². The molecule has 1 aliphatic rings. The number of amides is 1. The third-order valence-electron chi connectivity index (χ3n) is 5.49. The minimum atomic E-state index is -1.18. The van der Waals surface area contributed by atoms with E-state index in [0.29, 0.717) is 10.3 Å². The van der Waals surface area contributed by atoms with E-state index >= 15 is 0 Å². The second kappa shape index (κ2) is 8.23. The highest BCUT2D eigenvalue weighted by Crippen LogP contribution is 2.47. The highest BCUT2D eigenvalue weighted by atomic mass is 32.1. The van der Waals surface area contributed by atoms with Gasteiger partial charge in [-0.05, 0) is 25.0 Å². The van der Waals surface area contributed by atoms with Crippen LogP contribution in [0, 0.1) is 0 Å². The van der Waals surface area contributed by atoms with E-state index in [4.69, 9.17) is 9.84 Å². The number of carbonyl (C=O) groups is 3. The van der Waals surface area contributed by atoms with Gasteiger partial charge in [0.15, 0.2) is 17.2 Å². The van der Waals surface area contributed by atoms with Gasteiger partial charge in [-0.2, -0.15) is 0 Å². The largest absolute Gasteiger partial charge is 0.479 e. The Morgan fingerprint density at radius 1 is 1.10 bits per heavy atom. The van der Waals surface area contributed by atoms with E-state index < -0.39 is 18.5 Å². The Balaban J connectivity index is 1.71. The van der Waals surface area contributed by atoms with E-state index in [1.54, 1.807) is 6.07 Å². The number of hydrogen-bond acceptors (Lipinski definition) is 6. The van der Waals surface area contributed by atoms with E-state index in [9.17, 15) is 19.5 Å². The zero-order valence-electron chi connectivity index (χ0n) is 16.3. The maximum Gasteiger partial charge on any atom is 0.349 e. The number of rotatable bonds is 6. The highest BCUT2D eigenvalue weighted by Gasteiger charge is 2.26. The Morgan fingerprint density at radius 3 is 2.50 bits per heavy atom. The molecule has 2 heterocycles. The molecule has 1 fully saturated rings. The molecule has 0 unspecified atom stereocenters. The van der Waals surface area contributed by atoms with Gasteiger partial charge in [-0.15, -0.1) is 22.7 Å². The second-order valence-corrected chi connectivity index (χ2v) is 9.50. The summed E-state index contributed by atoms with van der Waals surface area (Å²) in [5, 5.41) is 19.2. The van der Waals surface area contributed by atoms with Crippen molar-refractivity contribution in [1.82, 2.24) is 4.90 Å². The molecule has 1 aliphatic carbocycles. The molecule has 1 amide bonds. The molecule has 2 aromatic heterocycles. The summed E-state index contributed by atoms with van der Waals surface area (Å²) >= 11 is 2.38. The fourth-order valence-corrected chi connectivity index (χ4v) is 6.49. The number of hydrogen-bond donors (Lipinski definition) is 2. The maximum atomic E-state index is 13.0. The molecular formula is C21H21NO6S2. The average Bonchev–Trinajstić information content (AvgIpc) is 3.27. The Labute approximate surface area is 180 Å². The van der Waals surface area contributed by atoms with Crippen LogP contribution in [0.3, 0.4) is 0 Å². The molecule has 4 rings (SSSR count). The highest BCUT2D eigenvalue weighted by molar-refractivity contribution is 7.34. The number of carboxylic acid groups (broad SMARTS) is 2. The van der Waals surface area contributed by atoms with Crippen LogP contribution in [0.25, 0.3) is 19.5 Å². The molecule has 0 aliphatic heterocycles.